The molecule has 1 aliphatic rings. The highest BCUT2D eigenvalue weighted by Crippen LogP contribution is 2.22. The Kier molecular flexibility index (Phi) is 11.4. The standard InChI is InChI=1S/C24H37N5O.HI/c1-4-19(5-2)23-15-22(30-28-23)17-27-24(25-3)26-16-20-11-7-8-12-21(20)18-29-13-9-6-10-14-29;/h7-8,11-12,15,19H,4-6,9-10,13-14,16-18H2,1-3H3,(H2,25,26,27);1H. The van der Waals surface area contributed by atoms with Crippen molar-refractivity contribution >= 4 is 29.9 Å². The summed E-state index contributed by atoms with van der Waals surface area (Å²) in [6.45, 7) is 9.15. The molecule has 172 valence electrons. The first-order valence-electron chi connectivity index (χ1n) is 11.4. The van der Waals surface area contributed by atoms with Gasteiger partial charge in [0.15, 0.2) is 11.7 Å². The quantitative estimate of drug-likeness (QED) is 0.265. The first kappa shape index (κ1) is 25.6. The molecule has 1 aromatic heterocycles. The molecule has 6 nitrogen and oxygen atoms in total. The molecule has 0 radical (unpaired) electrons. The number of piperidine rings is 1. The molecule has 2 N–H and O–H groups in total. The molecule has 1 aromatic carbocycles. The van der Waals surface area contributed by atoms with Gasteiger partial charge in [-0.15, -0.1) is 24.0 Å². The van der Waals surface area contributed by atoms with Crippen molar-refractivity contribution in [2.24, 2.45) is 4.99 Å². The lowest BCUT2D eigenvalue weighted by atomic mass is 9.99. The van der Waals surface area contributed by atoms with Gasteiger partial charge < -0.3 is 15.2 Å². The number of rotatable bonds is 9. The summed E-state index contributed by atoms with van der Waals surface area (Å²) in [6, 6.07) is 10.8. The Morgan fingerprint density at radius 2 is 1.74 bits per heavy atom. The van der Waals surface area contributed by atoms with Crippen LogP contribution >= 0.6 is 24.0 Å². The summed E-state index contributed by atoms with van der Waals surface area (Å²) >= 11 is 0. The number of benzene rings is 1. The Morgan fingerprint density at radius 3 is 2.42 bits per heavy atom. The highest BCUT2D eigenvalue weighted by atomic mass is 127. The molecule has 0 unspecified atom stereocenters. The lowest BCUT2D eigenvalue weighted by Gasteiger charge is -2.27. The maximum Gasteiger partial charge on any atom is 0.191 e. The van der Waals surface area contributed by atoms with E-state index >= 15 is 0 Å². The summed E-state index contributed by atoms with van der Waals surface area (Å²) in [5.41, 5.74) is 3.76. The van der Waals surface area contributed by atoms with Crippen LogP contribution in [0.4, 0.5) is 0 Å². The van der Waals surface area contributed by atoms with E-state index in [9.17, 15) is 0 Å². The number of aromatic nitrogens is 1. The number of hydrogen-bond donors (Lipinski definition) is 2. The Hall–Kier alpha value is -1.61. The van der Waals surface area contributed by atoms with Crippen molar-refractivity contribution in [1.29, 1.82) is 0 Å². The third-order valence-corrected chi connectivity index (χ3v) is 6.04. The molecule has 0 amide bonds. The zero-order valence-electron chi connectivity index (χ0n) is 19.2. The van der Waals surface area contributed by atoms with Crippen molar-refractivity contribution in [2.75, 3.05) is 20.1 Å². The molecule has 1 saturated heterocycles. The molecule has 0 atom stereocenters. The molecule has 0 bridgehead atoms. The van der Waals surface area contributed by atoms with E-state index in [-0.39, 0.29) is 24.0 Å². The molecule has 7 heteroatoms. The van der Waals surface area contributed by atoms with Gasteiger partial charge in [-0.1, -0.05) is 49.7 Å². The second kappa shape index (κ2) is 13.7. The molecule has 1 fully saturated rings. The second-order valence-electron chi connectivity index (χ2n) is 8.12. The Bertz CT molecular complexity index is 797. The molecular weight excluding hydrogens is 501 g/mol. The zero-order chi connectivity index (χ0) is 21.2. The highest BCUT2D eigenvalue weighted by Gasteiger charge is 2.14. The van der Waals surface area contributed by atoms with Gasteiger partial charge in [0.2, 0.25) is 0 Å². The van der Waals surface area contributed by atoms with E-state index in [1.54, 1.807) is 7.05 Å². The van der Waals surface area contributed by atoms with Gasteiger partial charge >= 0.3 is 0 Å². The first-order valence-corrected chi connectivity index (χ1v) is 11.4. The number of nitrogens with one attached hydrogen (secondary N) is 2. The molecule has 0 spiro atoms. The van der Waals surface area contributed by atoms with Crippen LogP contribution in [-0.2, 0) is 19.6 Å². The predicted octanol–water partition coefficient (Wildman–Crippen LogP) is 5.05. The van der Waals surface area contributed by atoms with E-state index in [0.29, 0.717) is 12.5 Å². The van der Waals surface area contributed by atoms with Gasteiger partial charge in [-0.2, -0.15) is 0 Å². The largest absolute Gasteiger partial charge is 0.359 e. The number of nitrogens with zero attached hydrogens (tertiary/aromatic N) is 3. The van der Waals surface area contributed by atoms with Crippen LogP contribution in [0, 0.1) is 0 Å². The SMILES string of the molecule is CCC(CC)c1cc(CNC(=NC)NCc2ccccc2CN2CCCCC2)on1.I. The summed E-state index contributed by atoms with van der Waals surface area (Å²) < 4.78 is 5.51. The molecule has 2 heterocycles. The van der Waals surface area contributed by atoms with E-state index in [2.05, 4.69) is 69.9 Å². The zero-order valence-corrected chi connectivity index (χ0v) is 21.5. The average molecular weight is 540 g/mol. The number of guanidine groups is 1. The second-order valence-corrected chi connectivity index (χ2v) is 8.12. The van der Waals surface area contributed by atoms with Crippen molar-refractivity contribution in [3.05, 3.63) is 52.9 Å². The van der Waals surface area contributed by atoms with Crippen LogP contribution in [0.15, 0.2) is 39.8 Å². The maximum absolute atomic E-state index is 5.51. The van der Waals surface area contributed by atoms with Crippen LogP contribution in [-0.4, -0.2) is 36.2 Å². The van der Waals surface area contributed by atoms with Gasteiger partial charge in [0.05, 0.1) is 12.2 Å². The molecule has 2 aromatic rings. The number of likely N-dealkylation sites (tertiary alicyclic amines) is 1. The average Bonchev–Trinajstić information content (AvgIpc) is 3.25. The van der Waals surface area contributed by atoms with Crippen LogP contribution in [0.1, 0.15) is 74.5 Å². The maximum atomic E-state index is 5.51. The van der Waals surface area contributed by atoms with E-state index in [1.165, 1.54) is 43.5 Å². The highest BCUT2D eigenvalue weighted by molar-refractivity contribution is 14.0. The molecule has 0 saturated carbocycles. The van der Waals surface area contributed by atoms with E-state index in [0.717, 1.165) is 43.3 Å². The number of aliphatic imine (C=N–C) groups is 1. The normalized spacial score (nSPS) is 15.0. The fourth-order valence-electron chi connectivity index (χ4n) is 4.12. The van der Waals surface area contributed by atoms with Crippen LogP contribution in [0.2, 0.25) is 0 Å². The van der Waals surface area contributed by atoms with E-state index in [4.69, 9.17) is 4.52 Å². The smallest absolute Gasteiger partial charge is 0.191 e. The van der Waals surface area contributed by atoms with Crippen molar-refractivity contribution in [3.8, 4) is 0 Å². The summed E-state index contributed by atoms with van der Waals surface area (Å²) in [7, 11) is 1.80. The number of hydrogen-bond acceptors (Lipinski definition) is 4. The first-order chi connectivity index (χ1) is 14.7. The predicted molar refractivity (Wildman–Crippen MR) is 138 cm³/mol. The Labute approximate surface area is 204 Å². The Balaban J connectivity index is 0.00000341. The van der Waals surface area contributed by atoms with Crippen LogP contribution in [0.3, 0.4) is 0 Å². The van der Waals surface area contributed by atoms with Crippen molar-refractivity contribution in [3.63, 3.8) is 0 Å². The fourth-order valence-corrected chi connectivity index (χ4v) is 4.12. The fraction of sp³-hybridized carbons (Fsp3) is 0.583. The Morgan fingerprint density at radius 1 is 1.06 bits per heavy atom. The lowest BCUT2D eigenvalue weighted by molar-refractivity contribution is 0.220. The molecule has 31 heavy (non-hydrogen) atoms. The monoisotopic (exact) mass is 539 g/mol. The lowest BCUT2D eigenvalue weighted by Crippen LogP contribution is -2.36. The molecular formula is C24H38IN5O. The summed E-state index contributed by atoms with van der Waals surface area (Å²) in [5, 5.41) is 11.0. The van der Waals surface area contributed by atoms with Crippen molar-refractivity contribution in [1.82, 2.24) is 20.7 Å². The minimum absolute atomic E-state index is 0. The summed E-state index contributed by atoms with van der Waals surface area (Å²) in [4.78, 5) is 6.93. The minimum Gasteiger partial charge on any atom is -0.359 e. The van der Waals surface area contributed by atoms with Crippen molar-refractivity contribution < 1.29 is 4.52 Å². The topological polar surface area (TPSA) is 65.7 Å². The van der Waals surface area contributed by atoms with Gasteiger partial charge in [-0.3, -0.25) is 9.89 Å². The third-order valence-electron chi connectivity index (χ3n) is 6.04. The minimum atomic E-state index is 0. The van der Waals surface area contributed by atoms with E-state index in [1.807, 2.05) is 0 Å². The third kappa shape index (κ3) is 7.79. The van der Waals surface area contributed by atoms with Crippen LogP contribution in [0.25, 0.3) is 0 Å². The van der Waals surface area contributed by atoms with Gasteiger partial charge in [0.1, 0.15) is 0 Å². The van der Waals surface area contributed by atoms with Gasteiger partial charge in [0.25, 0.3) is 0 Å². The molecule has 1 aliphatic heterocycles. The van der Waals surface area contributed by atoms with E-state index < -0.39 is 0 Å². The molecule has 3 rings (SSSR count). The van der Waals surface area contributed by atoms with Crippen LogP contribution in [0.5, 0.6) is 0 Å². The molecule has 0 aliphatic carbocycles. The van der Waals surface area contributed by atoms with Crippen molar-refractivity contribution in [2.45, 2.75) is 71.5 Å². The van der Waals surface area contributed by atoms with Gasteiger partial charge in [0, 0.05) is 32.1 Å². The van der Waals surface area contributed by atoms with Crippen LogP contribution < -0.4 is 10.6 Å². The summed E-state index contributed by atoms with van der Waals surface area (Å²) in [6.07, 6.45) is 6.16. The van der Waals surface area contributed by atoms with Gasteiger partial charge in [-0.25, -0.2) is 0 Å². The number of halogens is 1. The summed E-state index contributed by atoms with van der Waals surface area (Å²) in [5.74, 6) is 2.07. The van der Waals surface area contributed by atoms with Gasteiger partial charge in [-0.05, 0) is 49.9 Å².